The quantitative estimate of drug-likeness (QED) is 0.585. The molecule has 1 atom stereocenters. The Bertz CT molecular complexity index is 395. The number of halogens is 4. The molecule has 0 spiro atoms. The van der Waals surface area contributed by atoms with Crippen LogP contribution in [0.4, 0.5) is 17.6 Å². The fourth-order valence-electron chi connectivity index (χ4n) is 2.01. The Morgan fingerprint density at radius 3 is 2.65 bits per heavy atom. The maximum Gasteiger partial charge on any atom is 0.411 e. The second-order valence-electron chi connectivity index (χ2n) is 4.62. The first-order valence-electron chi connectivity index (χ1n) is 6.47. The Hall–Kier alpha value is -1.14. The lowest BCUT2D eigenvalue weighted by atomic mass is 9.94. The fourth-order valence-corrected chi connectivity index (χ4v) is 2.01. The minimum Gasteiger partial charge on any atom is -0.372 e. The van der Waals surface area contributed by atoms with Crippen molar-refractivity contribution in [2.45, 2.75) is 24.9 Å². The summed E-state index contributed by atoms with van der Waals surface area (Å²) in [5.41, 5.74) is 0.843. The molecule has 114 valence electrons. The Morgan fingerprint density at radius 2 is 2.05 bits per heavy atom. The maximum atomic E-state index is 13.2. The van der Waals surface area contributed by atoms with Gasteiger partial charge in [-0.1, -0.05) is 12.1 Å². The monoisotopic (exact) mass is 293 g/mol. The molecule has 0 aromatic heterocycles. The fraction of sp³-hybridized carbons (Fsp3) is 0.571. The van der Waals surface area contributed by atoms with Crippen molar-refractivity contribution in [3.63, 3.8) is 0 Å². The van der Waals surface area contributed by atoms with Crippen LogP contribution in [0.3, 0.4) is 0 Å². The predicted molar refractivity (Wildman–Crippen MR) is 69.2 cm³/mol. The van der Waals surface area contributed by atoms with Gasteiger partial charge < -0.3 is 10.1 Å². The van der Waals surface area contributed by atoms with Crippen LogP contribution >= 0.6 is 0 Å². The lowest BCUT2D eigenvalue weighted by Gasteiger charge is -2.17. The van der Waals surface area contributed by atoms with E-state index in [1.165, 1.54) is 12.1 Å². The summed E-state index contributed by atoms with van der Waals surface area (Å²) >= 11 is 0. The van der Waals surface area contributed by atoms with Crippen LogP contribution in [0.25, 0.3) is 0 Å². The molecule has 0 aliphatic carbocycles. The van der Waals surface area contributed by atoms with Crippen molar-refractivity contribution in [3.05, 3.63) is 35.6 Å². The first kappa shape index (κ1) is 16.9. The van der Waals surface area contributed by atoms with Crippen LogP contribution in [-0.4, -0.2) is 33.0 Å². The molecule has 20 heavy (non-hydrogen) atoms. The van der Waals surface area contributed by atoms with E-state index in [-0.39, 0.29) is 18.3 Å². The van der Waals surface area contributed by atoms with Crippen LogP contribution in [-0.2, 0) is 4.74 Å². The highest BCUT2D eigenvalue weighted by molar-refractivity contribution is 5.21. The molecule has 0 saturated carbocycles. The number of benzene rings is 1. The van der Waals surface area contributed by atoms with Crippen molar-refractivity contribution >= 4 is 0 Å². The third-order valence-corrected chi connectivity index (χ3v) is 2.88. The van der Waals surface area contributed by atoms with Crippen molar-refractivity contribution in [1.29, 1.82) is 0 Å². The minimum absolute atomic E-state index is 0.0506. The number of rotatable bonds is 8. The first-order chi connectivity index (χ1) is 9.42. The van der Waals surface area contributed by atoms with Crippen LogP contribution < -0.4 is 5.32 Å². The van der Waals surface area contributed by atoms with Crippen LogP contribution in [0.15, 0.2) is 24.3 Å². The van der Waals surface area contributed by atoms with E-state index in [0.717, 1.165) is 5.56 Å². The summed E-state index contributed by atoms with van der Waals surface area (Å²) in [5, 5.41) is 3.01. The highest BCUT2D eigenvalue weighted by Crippen LogP contribution is 2.22. The number of ether oxygens (including phenoxy) is 1. The molecular formula is C14H19F4NO. The molecule has 0 aliphatic heterocycles. The van der Waals surface area contributed by atoms with Crippen LogP contribution in [0, 0.1) is 5.82 Å². The van der Waals surface area contributed by atoms with E-state index >= 15 is 0 Å². The molecule has 0 radical (unpaired) electrons. The second kappa shape index (κ2) is 8.21. The molecule has 1 rings (SSSR count). The first-order valence-corrected chi connectivity index (χ1v) is 6.47. The molecule has 0 aliphatic rings. The molecule has 1 unspecified atom stereocenters. The lowest BCUT2D eigenvalue weighted by molar-refractivity contribution is -0.174. The van der Waals surface area contributed by atoms with Gasteiger partial charge in [-0.25, -0.2) is 4.39 Å². The Balaban J connectivity index is 2.40. The van der Waals surface area contributed by atoms with Gasteiger partial charge in [0.25, 0.3) is 0 Å². The molecule has 0 heterocycles. The molecule has 0 amide bonds. The van der Waals surface area contributed by atoms with Gasteiger partial charge >= 0.3 is 6.18 Å². The molecule has 0 saturated heterocycles. The second-order valence-corrected chi connectivity index (χ2v) is 4.62. The lowest BCUT2D eigenvalue weighted by Crippen LogP contribution is -2.19. The standard InChI is InChI=1S/C14H19F4NO/c1-19-9-12(11-4-2-6-13(15)8-11)5-3-7-20-10-14(16,17)18/h2,4,6,8,12,19H,3,5,7,9-10H2,1H3. The van der Waals surface area contributed by atoms with E-state index in [0.29, 0.717) is 19.4 Å². The zero-order valence-corrected chi connectivity index (χ0v) is 11.3. The summed E-state index contributed by atoms with van der Waals surface area (Å²) in [7, 11) is 1.78. The molecule has 1 aromatic rings. The van der Waals surface area contributed by atoms with Gasteiger partial charge in [0.1, 0.15) is 12.4 Å². The number of hydrogen-bond acceptors (Lipinski definition) is 2. The molecule has 0 fully saturated rings. The topological polar surface area (TPSA) is 21.3 Å². The van der Waals surface area contributed by atoms with Crippen LogP contribution in [0.1, 0.15) is 24.3 Å². The SMILES string of the molecule is CNCC(CCCOCC(F)(F)F)c1cccc(F)c1. The Kier molecular flexibility index (Phi) is 6.95. The van der Waals surface area contributed by atoms with Gasteiger partial charge in [-0.15, -0.1) is 0 Å². The van der Waals surface area contributed by atoms with Gasteiger partial charge in [0.2, 0.25) is 0 Å². The van der Waals surface area contributed by atoms with Crippen molar-refractivity contribution in [2.24, 2.45) is 0 Å². The van der Waals surface area contributed by atoms with Gasteiger partial charge in [-0.3, -0.25) is 0 Å². The zero-order valence-electron chi connectivity index (χ0n) is 11.3. The summed E-state index contributed by atoms with van der Waals surface area (Å²) in [6.07, 6.45) is -3.14. The Morgan fingerprint density at radius 1 is 1.30 bits per heavy atom. The van der Waals surface area contributed by atoms with Crippen molar-refractivity contribution in [3.8, 4) is 0 Å². The maximum absolute atomic E-state index is 13.2. The average molecular weight is 293 g/mol. The molecule has 6 heteroatoms. The Labute approximate surface area is 116 Å². The van der Waals surface area contributed by atoms with Crippen molar-refractivity contribution < 1.29 is 22.3 Å². The van der Waals surface area contributed by atoms with E-state index in [4.69, 9.17) is 0 Å². The van der Waals surface area contributed by atoms with Gasteiger partial charge in [-0.2, -0.15) is 13.2 Å². The van der Waals surface area contributed by atoms with Crippen molar-refractivity contribution in [2.75, 3.05) is 26.8 Å². The van der Waals surface area contributed by atoms with Crippen molar-refractivity contribution in [1.82, 2.24) is 5.32 Å². The minimum atomic E-state index is -4.28. The smallest absolute Gasteiger partial charge is 0.372 e. The number of likely N-dealkylation sites (N-methyl/N-ethyl adjacent to an activating group) is 1. The molecule has 1 N–H and O–H groups in total. The third kappa shape index (κ3) is 6.86. The number of alkyl halides is 3. The normalized spacial score (nSPS) is 13.4. The molecule has 2 nitrogen and oxygen atoms in total. The van der Waals surface area contributed by atoms with E-state index in [1.54, 1.807) is 13.1 Å². The van der Waals surface area contributed by atoms with E-state index < -0.39 is 12.8 Å². The van der Waals surface area contributed by atoms with Gasteiger partial charge in [0.15, 0.2) is 0 Å². The molecular weight excluding hydrogens is 274 g/mol. The van der Waals surface area contributed by atoms with Crippen LogP contribution in [0.5, 0.6) is 0 Å². The third-order valence-electron chi connectivity index (χ3n) is 2.88. The van der Waals surface area contributed by atoms with E-state index in [2.05, 4.69) is 10.1 Å². The van der Waals surface area contributed by atoms with Gasteiger partial charge in [0, 0.05) is 13.2 Å². The van der Waals surface area contributed by atoms with E-state index in [9.17, 15) is 17.6 Å². The van der Waals surface area contributed by atoms with Gasteiger partial charge in [-0.05, 0) is 43.5 Å². The predicted octanol–water partition coefficient (Wildman–Crippen LogP) is 3.49. The highest BCUT2D eigenvalue weighted by Gasteiger charge is 2.27. The molecule has 0 bridgehead atoms. The average Bonchev–Trinajstić information content (AvgIpc) is 2.36. The summed E-state index contributed by atoms with van der Waals surface area (Å²) in [6.45, 7) is -0.526. The van der Waals surface area contributed by atoms with Gasteiger partial charge in [0.05, 0.1) is 0 Å². The number of hydrogen-bond donors (Lipinski definition) is 1. The summed E-state index contributed by atoms with van der Waals surface area (Å²) in [4.78, 5) is 0. The van der Waals surface area contributed by atoms with E-state index in [1.807, 2.05) is 6.07 Å². The summed E-state index contributed by atoms with van der Waals surface area (Å²) in [6, 6.07) is 6.28. The molecule has 1 aromatic carbocycles. The largest absolute Gasteiger partial charge is 0.411 e. The highest BCUT2D eigenvalue weighted by atomic mass is 19.4. The summed E-state index contributed by atoms with van der Waals surface area (Å²) in [5.74, 6) is -0.248. The number of nitrogens with one attached hydrogen (secondary N) is 1. The summed E-state index contributed by atoms with van der Waals surface area (Å²) < 4.78 is 53.4. The van der Waals surface area contributed by atoms with Crippen LogP contribution in [0.2, 0.25) is 0 Å². The zero-order chi connectivity index (χ0) is 15.0.